The normalized spacial score (nSPS) is 13.8. The van der Waals surface area contributed by atoms with Crippen LogP contribution in [0.2, 0.25) is 0 Å². The quantitative estimate of drug-likeness (QED) is 0.870. The number of anilines is 1. The Morgan fingerprint density at radius 3 is 2.05 bits per heavy atom. The molecule has 0 spiro atoms. The molecule has 1 unspecified atom stereocenters. The zero-order valence-corrected chi connectivity index (χ0v) is 13.7. The van der Waals surface area contributed by atoms with Crippen LogP contribution in [0.3, 0.4) is 0 Å². The molecule has 0 amide bonds. The number of aryl methyl sites for hydroxylation is 1. The first-order chi connectivity index (χ1) is 9.99. The topological polar surface area (TPSA) is 15.3 Å². The maximum atomic E-state index is 3.69. The Bertz CT molecular complexity index is 572. The highest BCUT2D eigenvalue weighted by Crippen LogP contribution is 2.23. The van der Waals surface area contributed by atoms with Crippen LogP contribution in [0.4, 0.5) is 5.69 Å². The van der Waals surface area contributed by atoms with Crippen molar-refractivity contribution < 1.29 is 0 Å². The van der Waals surface area contributed by atoms with Crippen LogP contribution in [0.5, 0.6) is 0 Å². The van der Waals surface area contributed by atoms with Gasteiger partial charge < -0.3 is 10.2 Å². The van der Waals surface area contributed by atoms with Crippen molar-refractivity contribution in [1.82, 2.24) is 5.32 Å². The van der Waals surface area contributed by atoms with Gasteiger partial charge in [-0.05, 0) is 49.6 Å². The molecule has 2 heteroatoms. The third-order valence-electron chi connectivity index (χ3n) is 4.06. The lowest BCUT2D eigenvalue weighted by molar-refractivity contribution is 0.493. The van der Waals surface area contributed by atoms with E-state index in [9.17, 15) is 0 Å². The summed E-state index contributed by atoms with van der Waals surface area (Å²) in [5, 5.41) is 3.69. The van der Waals surface area contributed by atoms with Gasteiger partial charge in [0.1, 0.15) is 0 Å². The molecule has 0 bridgehead atoms. The van der Waals surface area contributed by atoms with E-state index >= 15 is 0 Å². The number of nitrogens with one attached hydrogen (secondary N) is 1. The molecule has 0 saturated carbocycles. The Hall–Kier alpha value is -1.80. The summed E-state index contributed by atoms with van der Waals surface area (Å²) in [4.78, 5) is 2.12. The van der Waals surface area contributed by atoms with Crippen molar-refractivity contribution in [2.45, 2.75) is 32.9 Å². The van der Waals surface area contributed by atoms with E-state index in [1.807, 2.05) is 0 Å². The van der Waals surface area contributed by atoms with Gasteiger partial charge >= 0.3 is 0 Å². The first-order valence-electron chi connectivity index (χ1n) is 7.58. The van der Waals surface area contributed by atoms with Crippen LogP contribution in [-0.2, 0) is 0 Å². The molecule has 2 rings (SSSR count). The van der Waals surface area contributed by atoms with Crippen molar-refractivity contribution in [3.63, 3.8) is 0 Å². The van der Waals surface area contributed by atoms with Gasteiger partial charge in [-0.3, -0.25) is 0 Å². The largest absolute Gasteiger partial charge is 0.378 e. The summed E-state index contributed by atoms with van der Waals surface area (Å²) < 4.78 is 0. The fourth-order valence-electron chi connectivity index (χ4n) is 2.69. The standard InChI is InChI=1S/C19H26N2/c1-14-8-6-7-9-19(14)16(3)20-15(2)17-10-12-18(13-11-17)21(4)5/h6-13,15-16,20H,1-5H3/t15?,16-/m1/s1. The predicted octanol–water partition coefficient (Wildman–Crippen LogP) is 4.47. The fraction of sp³-hybridized carbons (Fsp3) is 0.368. The van der Waals surface area contributed by atoms with E-state index < -0.39 is 0 Å². The summed E-state index contributed by atoms with van der Waals surface area (Å²) in [7, 11) is 4.13. The molecule has 2 nitrogen and oxygen atoms in total. The van der Waals surface area contributed by atoms with E-state index in [2.05, 4.69) is 93.6 Å². The highest BCUT2D eigenvalue weighted by molar-refractivity contribution is 5.46. The van der Waals surface area contributed by atoms with Crippen LogP contribution in [-0.4, -0.2) is 14.1 Å². The van der Waals surface area contributed by atoms with Crippen LogP contribution in [0.15, 0.2) is 48.5 Å². The van der Waals surface area contributed by atoms with Crippen molar-refractivity contribution >= 4 is 5.69 Å². The maximum Gasteiger partial charge on any atom is 0.0361 e. The molecule has 0 heterocycles. The second-order valence-electron chi connectivity index (χ2n) is 5.95. The molecule has 0 saturated heterocycles. The summed E-state index contributed by atoms with van der Waals surface area (Å²) in [5.74, 6) is 0. The summed E-state index contributed by atoms with van der Waals surface area (Å²) in [6.07, 6.45) is 0. The second-order valence-corrected chi connectivity index (χ2v) is 5.95. The minimum absolute atomic E-state index is 0.329. The average molecular weight is 282 g/mol. The smallest absolute Gasteiger partial charge is 0.0361 e. The molecule has 0 radical (unpaired) electrons. The molecule has 0 aliphatic rings. The van der Waals surface area contributed by atoms with Crippen molar-refractivity contribution in [2.24, 2.45) is 0 Å². The average Bonchev–Trinajstić information content (AvgIpc) is 2.47. The van der Waals surface area contributed by atoms with E-state index in [0.29, 0.717) is 12.1 Å². The number of hydrogen-bond acceptors (Lipinski definition) is 2. The molecule has 2 atom stereocenters. The van der Waals surface area contributed by atoms with Gasteiger partial charge in [0.2, 0.25) is 0 Å². The molecule has 0 aromatic heterocycles. The summed E-state index contributed by atoms with van der Waals surface area (Å²) >= 11 is 0. The van der Waals surface area contributed by atoms with Crippen molar-refractivity contribution in [3.8, 4) is 0 Å². The van der Waals surface area contributed by atoms with Crippen molar-refractivity contribution in [2.75, 3.05) is 19.0 Å². The van der Waals surface area contributed by atoms with Crippen LogP contribution < -0.4 is 10.2 Å². The summed E-state index contributed by atoms with van der Waals surface area (Å²) in [6.45, 7) is 6.62. The lowest BCUT2D eigenvalue weighted by atomic mass is 10.0. The Morgan fingerprint density at radius 2 is 1.48 bits per heavy atom. The number of rotatable bonds is 5. The van der Waals surface area contributed by atoms with Crippen molar-refractivity contribution in [1.29, 1.82) is 0 Å². The highest BCUT2D eigenvalue weighted by atomic mass is 15.1. The van der Waals surface area contributed by atoms with Gasteiger partial charge in [0.05, 0.1) is 0 Å². The molecule has 21 heavy (non-hydrogen) atoms. The van der Waals surface area contributed by atoms with Gasteiger partial charge in [-0.1, -0.05) is 36.4 Å². The Labute approximate surface area is 128 Å². The highest BCUT2D eigenvalue weighted by Gasteiger charge is 2.12. The Balaban J connectivity index is 2.07. The lowest BCUT2D eigenvalue weighted by Crippen LogP contribution is -2.23. The monoisotopic (exact) mass is 282 g/mol. The Kier molecular flexibility index (Phi) is 5.03. The van der Waals surface area contributed by atoms with E-state index in [4.69, 9.17) is 0 Å². The van der Waals surface area contributed by atoms with E-state index in [0.717, 1.165) is 0 Å². The molecular formula is C19H26N2. The predicted molar refractivity (Wildman–Crippen MR) is 91.9 cm³/mol. The van der Waals surface area contributed by atoms with Gasteiger partial charge in [0.25, 0.3) is 0 Å². The molecule has 2 aromatic rings. The second kappa shape index (κ2) is 6.77. The van der Waals surface area contributed by atoms with E-state index in [-0.39, 0.29) is 0 Å². The lowest BCUT2D eigenvalue weighted by Gasteiger charge is -2.23. The van der Waals surface area contributed by atoms with E-state index in [1.54, 1.807) is 0 Å². The minimum atomic E-state index is 0.329. The number of benzene rings is 2. The molecule has 1 N–H and O–H groups in total. The van der Waals surface area contributed by atoms with Crippen LogP contribution in [0.1, 0.15) is 42.6 Å². The third kappa shape index (κ3) is 3.85. The Morgan fingerprint density at radius 1 is 0.857 bits per heavy atom. The number of nitrogens with zero attached hydrogens (tertiary/aromatic N) is 1. The van der Waals surface area contributed by atoms with Gasteiger partial charge in [0, 0.05) is 31.9 Å². The molecule has 2 aromatic carbocycles. The van der Waals surface area contributed by atoms with Crippen LogP contribution >= 0.6 is 0 Å². The summed E-state index contributed by atoms with van der Waals surface area (Å²) in [6, 6.07) is 18.0. The molecule has 112 valence electrons. The fourth-order valence-corrected chi connectivity index (χ4v) is 2.69. The minimum Gasteiger partial charge on any atom is -0.378 e. The van der Waals surface area contributed by atoms with Crippen LogP contribution in [0.25, 0.3) is 0 Å². The van der Waals surface area contributed by atoms with Gasteiger partial charge in [0.15, 0.2) is 0 Å². The van der Waals surface area contributed by atoms with Gasteiger partial charge in [-0.15, -0.1) is 0 Å². The van der Waals surface area contributed by atoms with Gasteiger partial charge in [-0.25, -0.2) is 0 Å². The number of hydrogen-bond donors (Lipinski definition) is 1. The summed E-state index contributed by atoms with van der Waals surface area (Å²) in [5.41, 5.74) is 5.26. The zero-order chi connectivity index (χ0) is 15.4. The first-order valence-corrected chi connectivity index (χ1v) is 7.58. The van der Waals surface area contributed by atoms with Crippen LogP contribution in [0, 0.1) is 6.92 Å². The zero-order valence-electron chi connectivity index (χ0n) is 13.7. The van der Waals surface area contributed by atoms with E-state index in [1.165, 1.54) is 22.4 Å². The molecular weight excluding hydrogens is 256 g/mol. The molecule has 0 aliphatic heterocycles. The van der Waals surface area contributed by atoms with Crippen molar-refractivity contribution in [3.05, 3.63) is 65.2 Å². The maximum absolute atomic E-state index is 3.69. The van der Waals surface area contributed by atoms with Gasteiger partial charge in [-0.2, -0.15) is 0 Å². The molecule has 0 aliphatic carbocycles. The first kappa shape index (κ1) is 15.6. The third-order valence-corrected chi connectivity index (χ3v) is 4.06. The SMILES string of the molecule is Cc1ccccc1[C@@H](C)NC(C)c1ccc(N(C)C)cc1. The molecule has 0 fully saturated rings.